The van der Waals surface area contributed by atoms with Crippen LogP contribution in [0.15, 0.2) is 34.7 Å². The van der Waals surface area contributed by atoms with Gasteiger partial charge in [-0.1, -0.05) is 23.2 Å². The van der Waals surface area contributed by atoms with E-state index in [1.807, 2.05) is 0 Å². The zero-order chi connectivity index (χ0) is 20.0. The summed E-state index contributed by atoms with van der Waals surface area (Å²) < 4.78 is 10.3. The molecule has 0 saturated heterocycles. The second kappa shape index (κ2) is 9.43. The summed E-state index contributed by atoms with van der Waals surface area (Å²) in [5.74, 6) is -1.51. The summed E-state index contributed by atoms with van der Waals surface area (Å²) in [6.45, 7) is 3.20. The van der Waals surface area contributed by atoms with Crippen molar-refractivity contribution in [2.45, 2.75) is 19.9 Å². The van der Waals surface area contributed by atoms with Gasteiger partial charge in [0.2, 0.25) is 11.7 Å². The highest BCUT2D eigenvalue weighted by Crippen LogP contribution is 2.31. The Labute approximate surface area is 166 Å². The number of rotatable bonds is 7. The molecule has 2 rings (SSSR count). The number of carbonyl (C=O) groups is 3. The molecule has 27 heavy (non-hydrogen) atoms. The summed E-state index contributed by atoms with van der Waals surface area (Å²) in [7, 11) is 0. The van der Waals surface area contributed by atoms with Crippen molar-refractivity contribution < 1.29 is 23.5 Å². The van der Waals surface area contributed by atoms with Crippen molar-refractivity contribution in [1.82, 2.24) is 10.6 Å². The van der Waals surface area contributed by atoms with Crippen molar-refractivity contribution in [3.05, 3.63) is 46.1 Å². The van der Waals surface area contributed by atoms with Crippen LogP contribution in [0.1, 0.15) is 24.4 Å². The number of amides is 2. The molecular formula is C18H18Cl2N2O5. The van der Waals surface area contributed by atoms with E-state index in [0.29, 0.717) is 27.9 Å². The Bertz CT molecular complexity index is 850. The first-order valence-electron chi connectivity index (χ1n) is 8.11. The Morgan fingerprint density at radius 1 is 1.19 bits per heavy atom. The molecule has 0 unspecified atom stereocenters. The van der Waals surface area contributed by atoms with Gasteiger partial charge < -0.3 is 19.8 Å². The number of nitrogens with one attached hydrogen (secondary N) is 2. The van der Waals surface area contributed by atoms with Crippen LogP contribution in [0.25, 0.3) is 11.3 Å². The topological polar surface area (TPSA) is 97.6 Å². The molecule has 1 aromatic carbocycles. The minimum atomic E-state index is -0.819. The Balaban J connectivity index is 1.93. The molecule has 1 heterocycles. The van der Waals surface area contributed by atoms with Gasteiger partial charge in [-0.15, -0.1) is 0 Å². The van der Waals surface area contributed by atoms with E-state index in [4.69, 9.17) is 32.4 Å². The lowest BCUT2D eigenvalue weighted by molar-refractivity contribution is -0.130. The number of hydrogen-bond acceptors (Lipinski definition) is 5. The van der Waals surface area contributed by atoms with Crippen LogP contribution in [-0.2, 0) is 14.3 Å². The molecule has 0 radical (unpaired) electrons. The number of hydrogen-bond donors (Lipinski definition) is 2. The van der Waals surface area contributed by atoms with E-state index in [9.17, 15) is 14.4 Å². The number of halogens is 2. The molecule has 0 aliphatic carbocycles. The summed E-state index contributed by atoms with van der Waals surface area (Å²) in [4.78, 5) is 35.4. The van der Waals surface area contributed by atoms with Crippen LogP contribution < -0.4 is 10.6 Å². The van der Waals surface area contributed by atoms with Gasteiger partial charge in [-0.05, 0) is 44.2 Å². The fraction of sp³-hybridized carbons (Fsp3) is 0.278. The highest BCUT2D eigenvalue weighted by atomic mass is 35.5. The second-order valence-electron chi connectivity index (χ2n) is 5.55. The van der Waals surface area contributed by atoms with E-state index in [0.717, 1.165) is 0 Å². The average Bonchev–Trinajstić information content (AvgIpc) is 3.11. The van der Waals surface area contributed by atoms with Gasteiger partial charge in [0.25, 0.3) is 5.91 Å². The van der Waals surface area contributed by atoms with Gasteiger partial charge in [0.15, 0.2) is 6.61 Å². The molecule has 2 N–H and O–H groups in total. The van der Waals surface area contributed by atoms with Crippen LogP contribution in [0.3, 0.4) is 0 Å². The van der Waals surface area contributed by atoms with Crippen LogP contribution in [0.2, 0.25) is 10.0 Å². The lowest BCUT2D eigenvalue weighted by Gasteiger charge is -2.13. The largest absolute Gasteiger partial charge is 0.450 e. The summed E-state index contributed by atoms with van der Waals surface area (Å²) in [6.07, 6.45) is 0. The summed E-state index contributed by atoms with van der Waals surface area (Å²) in [5.41, 5.74) is 0.525. The molecule has 144 valence electrons. The van der Waals surface area contributed by atoms with Crippen LogP contribution in [-0.4, -0.2) is 37.0 Å². The van der Waals surface area contributed by atoms with Gasteiger partial charge in [-0.25, -0.2) is 4.79 Å². The van der Waals surface area contributed by atoms with Crippen molar-refractivity contribution in [2.24, 2.45) is 0 Å². The zero-order valence-corrected chi connectivity index (χ0v) is 16.2. The first-order valence-corrected chi connectivity index (χ1v) is 8.86. The lowest BCUT2D eigenvalue weighted by atomic mass is 10.2. The first kappa shape index (κ1) is 20.8. The number of furan rings is 1. The highest BCUT2D eigenvalue weighted by Gasteiger charge is 2.19. The normalized spacial score (nSPS) is 11.6. The molecule has 7 nitrogen and oxygen atoms in total. The molecule has 0 aliphatic heterocycles. The van der Waals surface area contributed by atoms with Gasteiger partial charge in [-0.3, -0.25) is 9.59 Å². The first-order chi connectivity index (χ1) is 12.8. The third-order valence-corrected chi connectivity index (χ3v) is 4.02. The van der Waals surface area contributed by atoms with E-state index in [2.05, 4.69) is 10.6 Å². The van der Waals surface area contributed by atoms with Crippen LogP contribution in [0.4, 0.5) is 0 Å². The number of benzene rings is 1. The van der Waals surface area contributed by atoms with Crippen LogP contribution in [0, 0.1) is 0 Å². The van der Waals surface area contributed by atoms with Crippen molar-refractivity contribution in [1.29, 1.82) is 0 Å². The van der Waals surface area contributed by atoms with E-state index < -0.39 is 24.5 Å². The van der Waals surface area contributed by atoms with E-state index >= 15 is 0 Å². The number of carbonyl (C=O) groups excluding carboxylic acids is 3. The SMILES string of the molecule is CCNC(=O)[C@H](C)NC(=O)COC(=O)c1ccc(-c2cc(Cl)ccc2Cl)o1. The quantitative estimate of drug-likeness (QED) is 0.680. The maximum Gasteiger partial charge on any atom is 0.374 e. The molecule has 2 amide bonds. The number of ether oxygens (including phenoxy) is 1. The Morgan fingerprint density at radius 2 is 1.93 bits per heavy atom. The maximum atomic E-state index is 12.0. The van der Waals surface area contributed by atoms with Gasteiger partial charge in [0, 0.05) is 17.1 Å². The summed E-state index contributed by atoms with van der Waals surface area (Å²) in [5, 5.41) is 5.87. The maximum absolute atomic E-state index is 12.0. The molecule has 0 spiro atoms. The Hall–Kier alpha value is -2.51. The number of likely N-dealkylation sites (N-methyl/N-ethyl adjacent to an activating group) is 1. The smallest absolute Gasteiger partial charge is 0.374 e. The minimum Gasteiger partial charge on any atom is -0.450 e. The van der Waals surface area contributed by atoms with Crippen LogP contribution >= 0.6 is 23.2 Å². The number of esters is 1. The Kier molecular flexibility index (Phi) is 7.27. The minimum absolute atomic E-state index is 0.0920. The second-order valence-corrected chi connectivity index (χ2v) is 6.39. The zero-order valence-electron chi connectivity index (χ0n) is 14.7. The van der Waals surface area contributed by atoms with Gasteiger partial charge >= 0.3 is 5.97 Å². The van der Waals surface area contributed by atoms with Gasteiger partial charge in [0.1, 0.15) is 11.8 Å². The summed E-state index contributed by atoms with van der Waals surface area (Å²) in [6, 6.07) is 7.06. The lowest BCUT2D eigenvalue weighted by Crippen LogP contribution is -2.46. The van der Waals surface area contributed by atoms with E-state index in [1.54, 1.807) is 31.2 Å². The molecule has 0 fully saturated rings. The van der Waals surface area contributed by atoms with E-state index in [-0.39, 0.29) is 11.7 Å². The standard InChI is InChI=1S/C18H18Cl2N2O5/c1-3-21-17(24)10(2)22-16(23)9-26-18(25)15-7-6-14(27-15)12-8-11(19)4-5-13(12)20/h4-8,10H,3,9H2,1-2H3,(H,21,24)(H,22,23)/t10-/m0/s1. The van der Waals surface area contributed by atoms with Crippen molar-refractivity contribution in [3.8, 4) is 11.3 Å². The predicted octanol–water partition coefficient (Wildman–Crippen LogP) is 3.05. The third-order valence-electron chi connectivity index (χ3n) is 3.46. The molecule has 0 saturated carbocycles. The van der Waals surface area contributed by atoms with E-state index in [1.165, 1.54) is 13.0 Å². The van der Waals surface area contributed by atoms with Crippen molar-refractivity contribution in [2.75, 3.05) is 13.2 Å². The van der Waals surface area contributed by atoms with Crippen LogP contribution in [0.5, 0.6) is 0 Å². The Morgan fingerprint density at radius 3 is 2.63 bits per heavy atom. The average molecular weight is 413 g/mol. The molecule has 2 aromatic rings. The monoisotopic (exact) mass is 412 g/mol. The fourth-order valence-electron chi connectivity index (χ4n) is 2.16. The molecule has 0 aliphatic rings. The molecular weight excluding hydrogens is 395 g/mol. The van der Waals surface area contributed by atoms with Gasteiger partial charge in [0.05, 0.1) is 5.02 Å². The highest BCUT2D eigenvalue weighted by molar-refractivity contribution is 6.35. The van der Waals surface area contributed by atoms with Gasteiger partial charge in [-0.2, -0.15) is 0 Å². The third kappa shape index (κ3) is 5.74. The molecule has 1 atom stereocenters. The van der Waals surface area contributed by atoms with Crippen molar-refractivity contribution in [3.63, 3.8) is 0 Å². The molecule has 1 aromatic heterocycles. The molecule has 0 bridgehead atoms. The fourth-order valence-corrected chi connectivity index (χ4v) is 2.54. The summed E-state index contributed by atoms with van der Waals surface area (Å²) >= 11 is 12.0. The predicted molar refractivity (Wildman–Crippen MR) is 101 cm³/mol. The van der Waals surface area contributed by atoms with Crippen molar-refractivity contribution >= 4 is 41.0 Å². The molecule has 9 heteroatoms.